The molecular formula is C26H41N5O5. The normalized spacial score (nSPS) is 21.1. The molecule has 0 bridgehead atoms. The number of likely N-dealkylation sites (N-methyl/N-ethyl adjacent to an activating group) is 1. The number of carbonyl (C=O) groups is 2. The van der Waals surface area contributed by atoms with Gasteiger partial charge in [0.05, 0.1) is 48.5 Å². The molecule has 2 saturated carbocycles. The van der Waals surface area contributed by atoms with E-state index in [1.54, 1.807) is 7.05 Å². The molecule has 0 spiro atoms. The molecule has 10 nitrogen and oxygen atoms in total. The van der Waals surface area contributed by atoms with E-state index in [1.165, 1.54) is 12.1 Å². The number of pyridine rings is 1. The topological polar surface area (TPSA) is 142 Å². The van der Waals surface area contributed by atoms with Crippen LogP contribution in [-0.2, 0) is 14.3 Å². The zero-order valence-electron chi connectivity index (χ0n) is 21.9. The molecule has 3 atom stereocenters. The molecule has 2 aliphatic rings. The Hall–Kier alpha value is -3.01. The number of alkyl carbamates (subject to hydrolysis) is 1. The van der Waals surface area contributed by atoms with Crippen LogP contribution in [0.4, 0.5) is 4.79 Å². The fourth-order valence-corrected chi connectivity index (χ4v) is 4.58. The van der Waals surface area contributed by atoms with Crippen molar-refractivity contribution in [1.82, 2.24) is 15.3 Å². The second-order valence-corrected chi connectivity index (χ2v) is 9.81. The summed E-state index contributed by atoms with van der Waals surface area (Å²) in [4.78, 5) is 29.0. The Morgan fingerprint density at radius 3 is 2.64 bits per heavy atom. The Kier molecular flexibility index (Phi) is 9.81. The number of hydrogen-bond acceptors (Lipinski definition) is 9. The Morgan fingerprint density at radius 1 is 1.25 bits per heavy atom. The van der Waals surface area contributed by atoms with Crippen molar-refractivity contribution in [3.8, 4) is 5.75 Å². The van der Waals surface area contributed by atoms with Gasteiger partial charge >= 0.3 is 12.1 Å². The van der Waals surface area contributed by atoms with Crippen LogP contribution in [0.5, 0.6) is 5.75 Å². The van der Waals surface area contributed by atoms with Crippen molar-refractivity contribution in [2.24, 2.45) is 17.5 Å². The number of ether oxygens (including phenoxy) is 3. The third kappa shape index (κ3) is 7.49. The lowest BCUT2D eigenvalue weighted by Gasteiger charge is -2.28. The van der Waals surface area contributed by atoms with Gasteiger partial charge in [-0.2, -0.15) is 0 Å². The number of amides is 1. The van der Waals surface area contributed by atoms with E-state index in [1.807, 2.05) is 26.0 Å². The number of nitrogens with two attached hydrogens (primary N) is 2. The van der Waals surface area contributed by atoms with Gasteiger partial charge in [-0.1, -0.05) is 13.3 Å². The van der Waals surface area contributed by atoms with E-state index >= 15 is 0 Å². The molecule has 1 heterocycles. The van der Waals surface area contributed by atoms with Gasteiger partial charge in [-0.3, -0.25) is 4.79 Å². The summed E-state index contributed by atoms with van der Waals surface area (Å²) in [5.41, 5.74) is 8.81. The second kappa shape index (κ2) is 12.8. The van der Waals surface area contributed by atoms with Crippen LogP contribution < -0.4 is 21.6 Å². The van der Waals surface area contributed by atoms with Gasteiger partial charge in [0.2, 0.25) is 0 Å². The van der Waals surface area contributed by atoms with Crippen LogP contribution in [0.2, 0.25) is 0 Å². The zero-order valence-corrected chi connectivity index (χ0v) is 21.9. The number of aromatic nitrogens is 1. The van der Waals surface area contributed by atoms with Gasteiger partial charge in [-0.15, -0.1) is 0 Å². The lowest BCUT2D eigenvalue weighted by Crippen LogP contribution is -2.37. The molecule has 1 aromatic heterocycles. The number of carbonyl (C=O) groups excluding carboxylic acids is 2. The van der Waals surface area contributed by atoms with Crippen molar-refractivity contribution >= 4 is 17.8 Å². The van der Waals surface area contributed by atoms with Crippen molar-refractivity contribution in [3.63, 3.8) is 0 Å². The molecule has 0 saturated heterocycles. The molecule has 200 valence electrons. The highest BCUT2D eigenvalue weighted by Gasteiger charge is 2.33. The van der Waals surface area contributed by atoms with E-state index in [0.29, 0.717) is 29.4 Å². The number of esters is 1. The lowest BCUT2D eigenvalue weighted by atomic mass is 9.87. The number of hydrazine groups is 1. The summed E-state index contributed by atoms with van der Waals surface area (Å²) in [5, 5.41) is 4.10. The highest BCUT2D eigenvalue weighted by molar-refractivity contribution is 5.72. The van der Waals surface area contributed by atoms with Crippen LogP contribution in [0.3, 0.4) is 0 Å². The molecule has 36 heavy (non-hydrogen) atoms. The largest absolute Gasteiger partial charge is 0.488 e. The number of methoxy groups -OCH3 is 1. The highest BCUT2D eigenvalue weighted by Crippen LogP contribution is 2.44. The number of nitrogens with zero attached hydrogens (tertiary/aromatic N) is 2. The minimum absolute atomic E-state index is 0.0584. The third-order valence-electron chi connectivity index (χ3n) is 6.72. The van der Waals surface area contributed by atoms with Crippen molar-refractivity contribution in [2.75, 3.05) is 20.7 Å². The molecule has 0 aliphatic heterocycles. The lowest BCUT2D eigenvalue weighted by molar-refractivity contribution is -0.147. The maximum Gasteiger partial charge on any atom is 0.407 e. The highest BCUT2D eigenvalue weighted by atomic mass is 16.6. The van der Waals surface area contributed by atoms with Crippen LogP contribution in [0.25, 0.3) is 5.70 Å². The quantitative estimate of drug-likeness (QED) is 0.235. The minimum Gasteiger partial charge on any atom is -0.488 e. The van der Waals surface area contributed by atoms with E-state index in [0.717, 1.165) is 56.4 Å². The van der Waals surface area contributed by atoms with Gasteiger partial charge in [0.15, 0.2) is 0 Å². The number of nitrogens with one attached hydrogen (secondary N) is 1. The standard InChI is InChI=1S/C26H41N5O5/c1-5-7-16(2)35-26(33)29-15-21(31(3)28)23(27)20-12-13-22(24(30-20)17-10-11-17)36-19-9-6-8-18(14-19)25(32)34-4/h12-13,16-19H,5-11,14-15,27-28H2,1-4H3,(H,29,33)/b23-21-/t16-,18+,19+/m1/s1. The summed E-state index contributed by atoms with van der Waals surface area (Å²) < 4.78 is 16.6. The molecule has 0 radical (unpaired) electrons. The predicted octanol–water partition coefficient (Wildman–Crippen LogP) is 3.42. The first-order chi connectivity index (χ1) is 17.2. The summed E-state index contributed by atoms with van der Waals surface area (Å²) >= 11 is 0. The average molecular weight is 504 g/mol. The van der Waals surface area contributed by atoms with Crippen LogP contribution in [0.1, 0.15) is 82.5 Å². The molecule has 0 aromatic carbocycles. The predicted molar refractivity (Wildman–Crippen MR) is 137 cm³/mol. The van der Waals surface area contributed by atoms with Crippen LogP contribution in [0, 0.1) is 5.92 Å². The van der Waals surface area contributed by atoms with Crippen LogP contribution in [-0.4, -0.2) is 55.0 Å². The van der Waals surface area contributed by atoms with Gasteiger partial charge in [-0.25, -0.2) is 15.6 Å². The average Bonchev–Trinajstić information content (AvgIpc) is 3.69. The van der Waals surface area contributed by atoms with Gasteiger partial charge < -0.3 is 30.3 Å². The molecule has 10 heteroatoms. The monoisotopic (exact) mass is 503 g/mol. The van der Waals surface area contributed by atoms with E-state index < -0.39 is 6.09 Å². The number of hydrogen-bond donors (Lipinski definition) is 3. The smallest absolute Gasteiger partial charge is 0.407 e. The van der Waals surface area contributed by atoms with E-state index in [4.69, 9.17) is 30.8 Å². The molecule has 2 aliphatic carbocycles. The maximum atomic E-state index is 12.2. The summed E-state index contributed by atoms with van der Waals surface area (Å²) in [7, 11) is 3.09. The third-order valence-corrected chi connectivity index (χ3v) is 6.72. The minimum atomic E-state index is -0.517. The first-order valence-electron chi connectivity index (χ1n) is 12.9. The maximum absolute atomic E-state index is 12.2. The Balaban J connectivity index is 1.74. The van der Waals surface area contributed by atoms with Crippen LogP contribution in [0.15, 0.2) is 17.8 Å². The first kappa shape index (κ1) is 27.6. The molecule has 2 fully saturated rings. The Morgan fingerprint density at radius 2 is 2.00 bits per heavy atom. The molecule has 5 N–H and O–H groups in total. The molecule has 3 rings (SSSR count). The van der Waals surface area contributed by atoms with Gasteiger partial charge in [0.1, 0.15) is 11.9 Å². The Labute approximate surface area is 213 Å². The number of rotatable bonds is 11. The van der Waals surface area contributed by atoms with Crippen molar-refractivity contribution in [3.05, 3.63) is 29.2 Å². The summed E-state index contributed by atoms with van der Waals surface area (Å²) in [6.07, 6.45) is 6.34. The van der Waals surface area contributed by atoms with E-state index in [-0.39, 0.29) is 30.6 Å². The van der Waals surface area contributed by atoms with Crippen molar-refractivity contribution in [1.29, 1.82) is 0 Å². The summed E-state index contributed by atoms with van der Waals surface area (Å²) in [6.45, 7) is 4.00. The molecule has 1 aromatic rings. The van der Waals surface area contributed by atoms with Crippen molar-refractivity contribution in [2.45, 2.75) is 83.3 Å². The van der Waals surface area contributed by atoms with Crippen LogP contribution >= 0.6 is 0 Å². The van der Waals surface area contributed by atoms with Gasteiger partial charge in [0, 0.05) is 13.0 Å². The summed E-state index contributed by atoms with van der Waals surface area (Å²) in [6, 6.07) is 3.70. The molecular weight excluding hydrogens is 462 g/mol. The van der Waals surface area contributed by atoms with Gasteiger partial charge in [-0.05, 0) is 64.0 Å². The second-order valence-electron chi connectivity index (χ2n) is 9.81. The SMILES string of the molecule is CCC[C@@H](C)OC(=O)NC/C(=C(/N)c1ccc(O[C@H]2CCC[C@H](C(=O)OC)C2)c(C2CC2)n1)N(C)N. The fourth-order valence-electron chi connectivity index (χ4n) is 4.58. The van der Waals surface area contributed by atoms with E-state index in [9.17, 15) is 9.59 Å². The van der Waals surface area contributed by atoms with Crippen molar-refractivity contribution < 1.29 is 23.8 Å². The Bertz CT molecular complexity index is 947. The first-order valence-corrected chi connectivity index (χ1v) is 12.9. The summed E-state index contributed by atoms with van der Waals surface area (Å²) in [5.74, 6) is 6.79. The fraction of sp³-hybridized carbons (Fsp3) is 0.654. The molecule has 1 amide bonds. The van der Waals surface area contributed by atoms with E-state index in [2.05, 4.69) is 5.32 Å². The van der Waals surface area contributed by atoms with Gasteiger partial charge in [0.25, 0.3) is 0 Å². The molecule has 0 unspecified atom stereocenters. The zero-order chi connectivity index (χ0) is 26.2.